The Bertz CT molecular complexity index is 623. The lowest BCUT2D eigenvalue weighted by atomic mass is 10.1. The molecule has 0 saturated carbocycles. The zero-order valence-corrected chi connectivity index (χ0v) is 13.8. The number of nitrogens with zero attached hydrogens (tertiary/aromatic N) is 1. The molecule has 1 aliphatic heterocycles. The molecule has 0 aromatic heterocycles. The van der Waals surface area contributed by atoms with Gasteiger partial charge >= 0.3 is 6.03 Å². The number of amides is 2. The summed E-state index contributed by atoms with van der Waals surface area (Å²) in [7, 11) is -3.50. The Labute approximate surface area is 131 Å². The minimum absolute atomic E-state index is 0.0810. The van der Waals surface area contributed by atoms with Gasteiger partial charge in [-0.2, -0.15) is 0 Å². The van der Waals surface area contributed by atoms with Crippen molar-refractivity contribution in [3.8, 4) is 0 Å². The van der Waals surface area contributed by atoms with Crippen LogP contribution in [0.4, 0.5) is 4.79 Å². The first-order chi connectivity index (χ1) is 10.4. The summed E-state index contributed by atoms with van der Waals surface area (Å²) >= 11 is 0. The topological polar surface area (TPSA) is 78.5 Å². The monoisotopic (exact) mass is 325 g/mol. The lowest BCUT2D eigenvalue weighted by molar-refractivity contribution is 0.180. The van der Waals surface area contributed by atoms with Gasteiger partial charge in [-0.1, -0.05) is 12.1 Å². The van der Waals surface area contributed by atoms with Crippen molar-refractivity contribution < 1.29 is 13.2 Å². The number of benzene rings is 1. The Morgan fingerprint density at radius 2 is 2.00 bits per heavy atom. The van der Waals surface area contributed by atoms with Gasteiger partial charge in [-0.25, -0.2) is 17.9 Å². The minimum Gasteiger partial charge on any atom is -0.338 e. The van der Waals surface area contributed by atoms with Crippen molar-refractivity contribution in [1.82, 2.24) is 14.9 Å². The van der Waals surface area contributed by atoms with E-state index in [9.17, 15) is 13.2 Å². The Morgan fingerprint density at radius 3 is 2.59 bits per heavy atom. The standard InChI is InChI=1S/C15H23N3O3S/c1-3-16-15(19)18-9-7-13(8-10-18)17-22(20,21)14-6-4-5-12(2)11-14/h4-6,11,13,17H,3,7-10H2,1-2H3,(H,16,19). The van der Waals surface area contributed by atoms with E-state index in [1.54, 1.807) is 23.1 Å². The highest BCUT2D eigenvalue weighted by atomic mass is 32.2. The minimum atomic E-state index is -3.50. The van der Waals surface area contributed by atoms with Crippen molar-refractivity contribution in [2.45, 2.75) is 37.6 Å². The van der Waals surface area contributed by atoms with Crippen LogP contribution in [-0.2, 0) is 10.0 Å². The van der Waals surface area contributed by atoms with Crippen molar-refractivity contribution in [2.24, 2.45) is 0 Å². The first kappa shape index (κ1) is 16.8. The van der Waals surface area contributed by atoms with E-state index in [1.165, 1.54) is 0 Å². The van der Waals surface area contributed by atoms with Crippen LogP contribution >= 0.6 is 0 Å². The van der Waals surface area contributed by atoms with Crippen LogP contribution in [0.5, 0.6) is 0 Å². The van der Waals surface area contributed by atoms with Crippen LogP contribution in [-0.4, -0.2) is 45.0 Å². The van der Waals surface area contributed by atoms with E-state index in [1.807, 2.05) is 19.9 Å². The average molecular weight is 325 g/mol. The van der Waals surface area contributed by atoms with Crippen molar-refractivity contribution in [2.75, 3.05) is 19.6 Å². The van der Waals surface area contributed by atoms with E-state index >= 15 is 0 Å². The van der Waals surface area contributed by atoms with E-state index in [-0.39, 0.29) is 12.1 Å². The van der Waals surface area contributed by atoms with Gasteiger partial charge < -0.3 is 10.2 Å². The molecule has 22 heavy (non-hydrogen) atoms. The molecule has 6 nitrogen and oxygen atoms in total. The Morgan fingerprint density at radius 1 is 1.32 bits per heavy atom. The summed E-state index contributed by atoms with van der Waals surface area (Å²) in [4.78, 5) is 13.7. The van der Waals surface area contributed by atoms with Crippen LogP contribution < -0.4 is 10.0 Å². The Hall–Kier alpha value is -1.60. The highest BCUT2D eigenvalue weighted by Crippen LogP contribution is 2.16. The average Bonchev–Trinajstić information content (AvgIpc) is 2.48. The number of urea groups is 1. The van der Waals surface area contributed by atoms with Crippen molar-refractivity contribution in [3.05, 3.63) is 29.8 Å². The summed E-state index contributed by atoms with van der Waals surface area (Å²) in [6.07, 6.45) is 1.25. The van der Waals surface area contributed by atoms with Crippen LogP contribution in [0.2, 0.25) is 0 Å². The van der Waals surface area contributed by atoms with Gasteiger partial charge in [-0.15, -0.1) is 0 Å². The fourth-order valence-corrected chi connectivity index (χ4v) is 3.94. The number of sulfonamides is 1. The van der Waals surface area contributed by atoms with E-state index in [0.717, 1.165) is 5.56 Å². The largest absolute Gasteiger partial charge is 0.338 e. The fourth-order valence-electron chi connectivity index (χ4n) is 2.53. The highest BCUT2D eigenvalue weighted by Gasteiger charge is 2.26. The van der Waals surface area contributed by atoms with E-state index < -0.39 is 10.0 Å². The fraction of sp³-hybridized carbons (Fsp3) is 0.533. The SMILES string of the molecule is CCNC(=O)N1CCC(NS(=O)(=O)c2cccc(C)c2)CC1. The number of piperidine rings is 1. The molecule has 0 radical (unpaired) electrons. The summed E-state index contributed by atoms with van der Waals surface area (Å²) in [5.74, 6) is 0. The van der Waals surface area contributed by atoms with E-state index in [2.05, 4.69) is 10.0 Å². The third kappa shape index (κ3) is 4.20. The van der Waals surface area contributed by atoms with Crippen LogP contribution in [0.25, 0.3) is 0 Å². The first-order valence-corrected chi connectivity index (χ1v) is 9.02. The molecule has 122 valence electrons. The van der Waals surface area contributed by atoms with Crippen molar-refractivity contribution >= 4 is 16.1 Å². The number of nitrogens with one attached hydrogen (secondary N) is 2. The zero-order chi connectivity index (χ0) is 16.2. The smallest absolute Gasteiger partial charge is 0.317 e. The lowest BCUT2D eigenvalue weighted by Gasteiger charge is -2.32. The molecule has 1 heterocycles. The summed E-state index contributed by atoms with van der Waals surface area (Å²) < 4.78 is 27.5. The quantitative estimate of drug-likeness (QED) is 0.880. The number of carbonyl (C=O) groups is 1. The predicted octanol–water partition coefficient (Wildman–Crippen LogP) is 1.47. The maximum absolute atomic E-state index is 12.4. The molecular formula is C15H23N3O3S. The molecule has 1 fully saturated rings. The van der Waals surface area contributed by atoms with Gasteiger partial charge in [-0.3, -0.25) is 0 Å². The molecular weight excluding hydrogens is 302 g/mol. The van der Waals surface area contributed by atoms with Crippen LogP contribution in [0.1, 0.15) is 25.3 Å². The Balaban J connectivity index is 1.94. The summed E-state index contributed by atoms with van der Waals surface area (Å²) in [5, 5.41) is 2.76. The second-order valence-electron chi connectivity index (χ2n) is 5.53. The molecule has 0 atom stereocenters. The summed E-state index contributed by atoms with van der Waals surface area (Å²) in [6, 6.07) is 6.65. The molecule has 2 amide bonds. The first-order valence-electron chi connectivity index (χ1n) is 7.54. The van der Waals surface area contributed by atoms with E-state index in [0.29, 0.717) is 37.4 Å². The number of hydrogen-bond donors (Lipinski definition) is 2. The molecule has 0 spiro atoms. The second kappa shape index (κ2) is 7.11. The van der Waals surface area contributed by atoms with Crippen LogP contribution in [0.3, 0.4) is 0 Å². The predicted molar refractivity (Wildman–Crippen MR) is 85.2 cm³/mol. The molecule has 2 rings (SSSR count). The molecule has 0 unspecified atom stereocenters. The summed E-state index contributed by atoms with van der Waals surface area (Å²) in [5.41, 5.74) is 0.911. The third-order valence-corrected chi connectivity index (χ3v) is 5.25. The van der Waals surface area contributed by atoms with Gasteiger partial charge in [0.15, 0.2) is 0 Å². The molecule has 1 aromatic carbocycles. The van der Waals surface area contributed by atoms with Gasteiger partial charge in [0.25, 0.3) is 0 Å². The van der Waals surface area contributed by atoms with Gasteiger partial charge in [0.05, 0.1) is 4.90 Å². The highest BCUT2D eigenvalue weighted by molar-refractivity contribution is 7.89. The maximum Gasteiger partial charge on any atom is 0.317 e. The van der Waals surface area contributed by atoms with E-state index in [4.69, 9.17) is 0 Å². The number of likely N-dealkylation sites (tertiary alicyclic amines) is 1. The molecule has 1 aliphatic rings. The van der Waals surface area contributed by atoms with Gasteiger partial charge in [0, 0.05) is 25.7 Å². The molecule has 1 saturated heterocycles. The van der Waals surface area contributed by atoms with Crippen LogP contribution in [0.15, 0.2) is 29.2 Å². The molecule has 7 heteroatoms. The van der Waals surface area contributed by atoms with Crippen molar-refractivity contribution in [1.29, 1.82) is 0 Å². The molecule has 0 aliphatic carbocycles. The second-order valence-corrected chi connectivity index (χ2v) is 7.25. The third-order valence-electron chi connectivity index (χ3n) is 3.73. The normalized spacial score (nSPS) is 16.5. The van der Waals surface area contributed by atoms with Gasteiger partial charge in [0.1, 0.15) is 0 Å². The van der Waals surface area contributed by atoms with Crippen LogP contribution in [0, 0.1) is 6.92 Å². The van der Waals surface area contributed by atoms with Crippen molar-refractivity contribution in [3.63, 3.8) is 0 Å². The number of rotatable bonds is 4. The lowest BCUT2D eigenvalue weighted by Crippen LogP contribution is -2.49. The summed E-state index contributed by atoms with van der Waals surface area (Å²) in [6.45, 7) is 5.46. The maximum atomic E-state index is 12.4. The number of aryl methyl sites for hydroxylation is 1. The molecule has 0 bridgehead atoms. The Kier molecular flexibility index (Phi) is 5.42. The van der Waals surface area contributed by atoms with Gasteiger partial charge in [-0.05, 0) is 44.4 Å². The van der Waals surface area contributed by atoms with Gasteiger partial charge in [0.2, 0.25) is 10.0 Å². The molecule has 1 aromatic rings. The number of carbonyl (C=O) groups excluding carboxylic acids is 1. The zero-order valence-electron chi connectivity index (χ0n) is 13.0. The molecule has 2 N–H and O–H groups in total. The number of hydrogen-bond acceptors (Lipinski definition) is 3.